The van der Waals surface area contributed by atoms with E-state index in [1.54, 1.807) is 12.1 Å². The van der Waals surface area contributed by atoms with Gasteiger partial charge >= 0.3 is 0 Å². The molecule has 12 heavy (non-hydrogen) atoms. The fraction of sp³-hybridized carbons (Fsp3) is 0.222. The first-order valence-corrected chi connectivity index (χ1v) is 4.24. The average Bonchev–Trinajstić information content (AvgIpc) is 1.99. The van der Waals surface area contributed by atoms with Crippen LogP contribution in [-0.2, 0) is 0 Å². The lowest BCUT2D eigenvalue weighted by atomic mass is 10.1. The van der Waals surface area contributed by atoms with Crippen LogP contribution >= 0.6 is 23.2 Å². The Kier molecular flexibility index (Phi) is 2.76. The fourth-order valence-electron chi connectivity index (χ4n) is 1.06. The summed E-state index contributed by atoms with van der Waals surface area (Å²) in [6.07, 6.45) is 0. The number of hydrogen-bond donors (Lipinski definition) is 0. The summed E-state index contributed by atoms with van der Waals surface area (Å²) in [7, 11) is 0. The van der Waals surface area contributed by atoms with E-state index < -0.39 is 5.24 Å². The smallest absolute Gasteiger partial charge is 0.252 e. The molecule has 0 fully saturated rings. The van der Waals surface area contributed by atoms with Crippen LogP contribution in [0.1, 0.15) is 21.5 Å². The lowest BCUT2D eigenvalue weighted by molar-refractivity contribution is 0.108. The third-order valence-electron chi connectivity index (χ3n) is 1.66. The van der Waals surface area contributed by atoms with Crippen LogP contribution in [0.25, 0.3) is 0 Å². The van der Waals surface area contributed by atoms with Crippen LogP contribution in [-0.4, -0.2) is 5.24 Å². The molecular formula is C9H8Cl2O. The van der Waals surface area contributed by atoms with Crippen molar-refractivity contribution >= 4 is 28.4 Å². The fourth-order valence-corrected chi connectivity index (χ4v) is 1.28. The normalized spacial score (nSPS) is 10.0. The highest BCUT2D eigenvalue weighted by atomic mass is 35.5. The molecule has 0 aliphatic rings. The Hall–Kier alpha value is -0.530. The van der Waals surface area contributed by atoms with Crippen LogP contribution in [0.2, 0.25) is 5.02 Å². The molecule has 0 aliphatic carbocycles. The zero-order chi connectivity index (χ0) is 9.30. The van der Waals surface area contributed by atoms with E-state index in [-0.39, 0.29) is 0 Å². The molecule has 0 saturated heterocycles. The maximum Gasteiger partial charge on any atom is 0.252 e. The molecule has 0 radical (unpaired) electrons. The van der Waals surface area contributed by atoms with Gasteiger partial charge in [0.25, 0.3) is 5.24 Å². The molecule has 0 saturated carbocycles. The van der Waals surface area contributed by atoms with E-state index in [9.17, 15) is 4.79 Å². The Labute approximate surface area is 81.3 Å². The van der Waals surface area contributed by atoms with Crippen molar-refractivity contribution in [2.24, 2.45) is 0 Å². The van der Waals surface area contributed by atoms with E-state index in [1.165, 1.54) is 0 Å². The van der Waals surface area contributed by atoms with Gasteiger partial charge in [-0.15, -0.1) is 0 Å². The van der Waals surface area contributed by atoms with Gasteiger partial charge in [-0.3, -0.25) is 4.79 Å². The van der Waals surface area contributed by atoms with Crippen molar-refractivity contribution in [1.29, 1.82) is 0 Å². The molecule has 64 valence electrons. The molecule has 3 heteroatoms. The van der Waals surface area contributed by atoms with Crippen molar-refractivity contribution in [2.45, 2.75) is 13.8 Å². The van der Waals surface area contributed by atoms with E-state index in [1.807, 2.05) is 13.8 Å². The third kappa shape index (κ3) is 1.79. The van der Waals surface area contributed by atoms with E-state index in [0.717, 1.165) is 11.1 Å². The first kappa shape index (κ1) is 9.56. The van der Waals surface area contributed by atoms with E-state index in [2.05, 4.69) is 0 Å². The maximum absolute atomic E-state index is 10.8. The summed E-state index contributed by atoms with van der Waals surface area (Å²) in [6, 6.07) is 3.37. The number of rotatable bonds is 1. The van der Waals surface area contributed by atoms with Gasteiger partial charge in [-0.05, 0) is 48.7 Å². The quantitative estimate of drug-likeness (QED) is 0.639. The van der Waals surface area contributed by atoms with Gasteiger partial charge in [-0.1, -0.05) is 11.6 Å². The van der Waals surface area contributed by atoms with Gasteiger partial charge in [0.1, 0.15) is 0 Å². The molecule has 1 aromatic carbocycles. The van der Waals surface area contributed by atoms with Crippen molar-refractivity contribution in [3.63, 3.8) is 0 Å². The van der Waals surface area contributed by atoms with Gasteiger partial charge in [-0.25, -0.2) is 0 Å². The zero-order valence-electron chi connectivity index (χ0n) is 6.82. The van der Waals surface area contributed by atoms with Crippen LogP contribution in [0, 0.1) is 13.8 Å². The number of carbonyl (C=O) groups is 1. The summed E-state index contributed by atoms with van der Waals surface area (Å²) >= 11 is 11.2. The Morgan fingerprint density at radius 2 is 1.67 bits per heavy atom. The van der Waals surface area contributed by atoms with Gasteiger partial charge in [0.2, 0.25) is 0 Å². The second-order valence-electron chi connectivity index (χ2n) is 2.70. The lowest BCUT2D eigenvalue weighted by Gasteiger charge is -2.03. The largest absolute Gasteiger partial charge is 0.276 e. The average molecular weight is 203 g/mol. The molecule has 0 spiro atoms. The molecule has 0 unspecified atom stereocenters. The summed E-state index contributed by atoms with van der Waals surface area (Å²) in [6.45, 7) is 3.69. The summed E-state index contributed by atoms with van der Waals surface area (Å²) in [4.78, 5) is 10.8. The second kappa shape index (κ2) is 3.46. The van der Waals surface area contributed by atoms with E-state index in [4.69, 9.17) is 23.2 Å². The van der Waals surface area contributed by atoms with Gasteiger partial charge in [0.05, 0.1) is 0 Å². The lowest BCUT2D eigenvalue weighted by Crippen LogP contribution is -1.92. The minimum Gasteiger partial charge on any atom is -0.276 e. The first-order chi connectivity index (χ1) is 5.52. The Morgan fingerprint density at radius 1 is 1.25 bits per heavy atom. The minimum absolute atomic E-state index is 0.446. The number of aryl methyl sites for hydroxylation is 2. The summed E-state index contributed by atoms with van der Waals surface area (Å²) in [5.74, 6) is 0. The molecule has 0 amide bonds. The third-order valence-corrected chi connectivity index (χ3v) is 2.48. The van der Waals surface area contributed by atoms with Gasteiger partial charge in [-0.2, -0.15) is 0 Å². The molecule has 0 aliphatic heterocycles. The van der Waals surface area contributed by atoms with Crippen molar-refractivity contribution in [3.05, 3.63) is 33.8 Å². The SMILES string of the molecule is Cc1cc(C(=O)Cl)cc(C)c1Cl. The van der Waals surface area contributed by atoms with Gasteiger partial charge in [0, 0.05) is 10.6 Å². The van der Waals surface area contributed by atoms with Crippen molar-refractivity contribution in [3.8, 4) is 0 Å². The maximum atomic E-state index is 10.8. The Morgan fingerprint density at radius 3 is 2.00 bits per heavy atom. The molecule has 0 heterocycles. The Balaban J connectivity index is 3.31. The summed E-state index contributed by atoms with van der Waals surface area (Å²) in [5, 5.41) is 0.245. The van der Waals surface area contributed by atoms with Gasteiger partial charge in [0.15, 0.2) is 0 Å². The molecule has 0 aromatic heterocycles. The summed E-state index contributed by atoms with van der Waals surface area (Å²) in [5.41, 5.74) is 2.25. The number of hydrogen-bond acceptors (Lipinski definition) is 1. The molecule has 1 aromatic rings. The van der Waals surface area contributed by atoms with Gasteiger partial charge < -0.3 is 0 Å². The molecular weight excluding hydrogens is 195 g/mol. The van der Waals surface area contributed by atoms with Crippen molar-refractivity contribution in [2.75, 3.05) is 0 Å². The second-order valence-corrected chi connectivity index (χ2v) is 3.42. The van der Waals surface area contributed by atoms with Crippen LogP contribution in [0.5, 0.6) is 0 Å². The highest BCUT2D eigenvalue weighted by molar-refractivity contribution is 6.67. The molecule has 1 rings (SSSR count). The number of halogens is 2. The number of benzene rings is 1. The monoisotopic (exact) mass is 202 g/mol. The van der Waals surface area contributed by atoms with Crippen LogP contribution < -0.4 is 0 Å². The highest BCUT2D eigenvalue weighted by Gasteiger charge is 2.06. The topological polar surface area (TPSA) is 17.1 Å². The summed E-state index contributed by atoms with van der Waals surface area (Å²) < 4.78 is 0. The molecule has 0 N–H and O–H groups in total. The molecule has 1 nitrogen and oxygen atoms in total. The standard InChI is InChI=1S/C9H8Cl2O/c1-5-3-7(9(11)12)4-6(2)8(5)10/h3-4H,1-2H3. The van der Waals surface area contributed by atoms with Crippen LogP contribution in [0.4, 0.5) is 0 Å². The van der Waals surface area contributed by atoms with E-state index >= 15 is 0 Å². The molecule has 0 bridgehead atoms. The Bertz CT molecular complexity index is 308. The minimum atomic E-state index is -0.446. The van der Waals surface area contributed by atoms with Crippen molar-refractivity contribution in [1.82, 2.24) is 0 Å². The highest BCUT2D eigenvalue weighted by Crippen LogP contribution is 2.22. The van der Waals surface area contributed by atoms with Crippen molar-refractivity contribution < 1.29 is 4.79 Å². The number of carbonyl (C=O) groups excluding carboxylic acids is 1. The van der Waals surface area contributed by atoms with Crippen LogP contribution in [0.3, 0.4) is 0 Å². The predicted octanol–water partition coefficient (Wildman–Crippen LogP) is 3.34. The molecule has 0 atom stereocenters. The van der Waals surface area contributed by atoms with Crippen LogP contribution in [0.15, 0.2) is 12.1 Å². The first-order valence-electron chi connectivity index (χ1n) is 3.49. The predicted molar refractivity (Wildman–Crippen MR) is 51.1 cm³/mol. The van der Waals surface area contributed by atoms with E-state index in [0.29, 0.717) is 10.6 Å². The zero-order valence-corrected chi connectivity index (χ0v) is 8.33.